The van der Waals surface area contributed by atoms with Crippen LogP contribution in [-0.2, 0) is 9.59 Å². The van der Waals surface area contributed by atoms with Gasteiger partial charge in [-0.25, -0.2) is 0 Å². The van der Waals surface area contributed by atoms with Crippen molar-refractivity contribution in [2.24, 2.45) is 5.92 Å². The molecule has 2 unspecified atom stereocenters. The smallest absolute Gasteiger partial charge is 0.260 e. The van der Waals surface area contributed by atoms with Gasteiger partial charge in [-0.2, -0.15) is 0 Å². The van der Waals surface area contributed by atoms with Crippen molar-refractivity contribution >= 4 is 27.7 Å². The zero-order valence-electron chi connectivity index (χ0n) is 12.8. The summed E-state index contributed by atoms with van der Waals surface area (Å²) in [5.41, 5.74) is 0.982. The molecule has 2 atom stereocenters. The molecular formula is C16H23BrN2O2. The van der Waals surface area contributed by atoms with Crippen LogP contribution in [0.2, 0.25) is 0 Å². The lowest BCUT2D eigenvalue weighted by Crippen LogP contribution is -2.58. The molecule has 4 nitrogen and oxygen atoms in total. The van der Waals surface area contributed by atoms with Gasteiger partial charge in [-0.15, -0.1) is 6.58 Å². The number of fused-ring (bicyclic) bond motifs is 2. The molecule has 2 aliphatic rings. The Labute approximate surface area is 135 Å². The highest BCUT2D eigenvalue weighted by Gasteiger charge is 2.38. The second-order valence-corrected chi connectivity index (χ2v) is 6.94. The first-order valence-electron chi connectivity index (χ1n) is 7.46. The molecule has 0 saturated carbocycles. The fourth-order valence-electron chi connectivity index (χ4n) is 3.20. The van der Waals surface area contributed by atoms with Crippen molar-refractivity contribution in [2.75, 3.05) is 19.6 Å². The summed E-state index contributed by atoms with van der Waals surface area (Å²) in [4.78, 5) is 28.5. The second-order valence-electron chi connectivity index (χ2n) is 6.15. The van der Waals surface area contributed by atoms with Gasteiger partial charge in [0.05, 0.1) is 4.48 Å². The zero-order chi connectivity index (χ0) is 15.6. The Morgan fingerprint density at radius 3 is 2.67 bits per heavy atom. The van der Waals surface area contributed by atoms with Gasteiger partial charge in [-0.05, 0) is 48.5 Å². The summed E-state index contributed by atoms with van der Waals surface area (Å²) in [6.07, 6.45) is 4.03. The van der Waals surface area contributed by atoms with E-state index >= 15 is 0 Å². The van der Waals surface area contributed by atoms with E-state index in [1.165, 1.54) is 0 Å². The van der Waals surface area contributed by atoms with Crippen molar-refractivity contribution in [3.63, 3.8) is 0 Å². The predicted molar refractivity (Wildman–Crippen MR) is 86.9 cm³/mol. The third kappa shape index (κ3) is 3.57. The normalized spacial score (nSPS) is 24.5. The van der Waals surface area contributed by atoms with Crippen LogP contribution in [0, 0.1) is 5.92 Å². The van der Waals surface area contributed by atoms with Gasteiger partial charge in [0.25, 0.3) is 5.91 Å². The first-order chi connectivity index (χ1) is 9.93. The standard InChI is InChI=1S/C16H23BrN2O2/c1-4-5-14(20)19-7-6-12-8-13(19)10-18(9-12)16(21)15(17)11(2)3/h4,12-13H,1,5-10H2,2-3H3. The van der Waals surface area contributed by atoms with Crippen LogP contribution in [-0.4, -0.2) is 47.3 Å². The molecule has 2 amide bonds. The van der Waals surface area contributed by atoms with E-state index in [4.69, 9.17) is 0 Å². The summed E-state index contributed by atoms with van der Waals surface area (Å²) in [7, 11) is 0. The Hall–Kier alpha value is -1.10. The molecule has 0 aliphatic carbocycles. The number of amides is 2. The molecule has 2 heterocycles. The number of likely N-dealkylation sites (tertiary alicyclic amines) is 2. The number of rotatable bonds is 3. The van der Waals surface area contributed by atoms with Crippen LogP contribution in [0.5, 0.6) is 0 Å². The van der Waals surface area contributed by atoms with Crippen LogP contribution in [0.25, 0.3) is 0 Å². The molecule has 0 spiro atoms. The number of allylic oxidation sites excluding steroid dienone is 1. The summed E-state index contributed by atoms with van der Waals surface area (Å²) in [6, 6.07) is 0.159. The maximum absolute atomic E-state index is 12.5. The quantitative estimate of drug-likeness (QED) is 0.577. The summed E-state index contributed by atoms with van der Waals surface area (Å²) < 4.78 is 0.645. The molecule has 0 radical (unpaired) electrons. The maximum atomic E-state index is 12.5. The lowest BCUT2D eigenvalue weighted by Gasteiger charge is -2.47. The molecule has 0 aromatic rings. The molecule has 2 bridgehead atoms. The van der Waals surface area contributed by atoms with Crippen molar-refractivity contribution in [1.29, 1.82) is 0 Å². The second kappa shape index (κ2) is 6.77. The molecule has 2 saturated heterocycles. The molecular weight excluding hydrogens is 332 g/mol. The van der Waals surface area contributed by atoms with Crippen LogP contribution >= 0.6 is 15.9 Å². The minimum atomic E-state index is 0.0442. The minimum Gasteiger partial charge on any atom is -0.338 e. The summed E-state index contributed by atoms with van der Waals surface area (Å²) in [5, 5.41) is 0. The molecule has 21 heavy (non-hydrogen) atoms. The third-order valence-electron chi connectivity index (χ3n) is 4.29. The topological polar surface area (TPSA) is 40.6 Å². The molecule has 5 heteroatoms. The van der Waals surface area contributed by atoms with Crippen molar-refractivity contribution < 1.29 is 9.59 Å². The monoisotopic (exact) mass is 354 g/mol. The van der Waals surface area contributed by atoms with Gasteiger partial charge < -0.3 is 9.80 Å². The van der Waals surface area contributed by atoms with Gasteiger partial charge in [0.1, 0.15) is 0 Å². The molecule has 0 aromatic heterocycles. The van der Waals surface area contributed by atoms with Gasteiger partial charge in [0.15, 0.2) is 0 Å². The largest absolute Gasteiger partial charge is 0.338 e. The van der Waals surface area contributed by atoms with Gasteiger partial charge in [-0.1, -0.05) is 11.6 Å². The third-order valence-corrected chi connectivity index (χ3v) is 5.42. The predicted octanol–water partition coefficient (Wildman–Crippen LogP) is 2.70. The highest BCUT2D eigenvalue weighted by Crippen LogP contribution is 2.31. The first kappa shape index (κ1) is 16.3. The molecule has 2 fully saturated rings. The molecule has 2 aliphatic heterocycles. The summed E-state index contributed by atoms with van der Waals surface area (Å²) >= 11 is 3.39. The van der Waals surface area contributed by atoms with Crippen molar-refractivity contribution in [3.8, 4) is 0 Å². The first-order valence-corrected chi connectivity index (χ1v) is 8.26. The Balaban J connectivity index is 2.10. The highest BCUT2D eigenvalue weighted by molar-refractivity contribution is 9.12. The van der Waals surface area contributed by atoms with Crippen molar-refractivity contribution in [3.05, 3.63) is 22.7 Å². The number of carbonyl (C=O) groups is 2. The van der Waals surface area contributed by atoms with Crippen molar-refractivity contribution in [1.82, 2.24) is 9.80 Å². The highest BCUT2D eigenvalue weighted by atomic mass is 79.9. The number of piperidine rings is 2. The Kier molecular flexibility index (Phi) is 5.25. The number of carbonyl (C=O) groups excluding carboxylic acids is 2. The van der Waals surface area contributed by atoms with E-state index < -0.39 is 0 Å². The Bertz CT molecular complexity index is 483. The molecule has 0 aromatic carbocycles. The zero-order valence-corrected chi connectivity index (χ0v) is 14.4. The maximum Gasteiger partial charge on any atom is 0.260 e. The van der Waals surface area contributed by atoms with E-state index in [1.54, 1.807) is 6.08 Å². The van der Waals surface area contributed by atoms with E-state index in [2.05, 4.69) is 22.5 Å². The van der Waals surface area contributed by atoms with E-state index in [1.807, 2.05) is 23.6 Å². The molecule has 2 rings (SSSR count). The Morgan fingerprint density at radius 1 is 1.33 bits per heavy atom. The minimum absolute atomic E-state index is 0.0442. The average Bonchev–Trinajstić information content (AvgIpc) is 2.45. The van der Waals surface area contributed by atoms with E-state index in [0.29, 0.717) is 23.4 Å². The van der Waals surface area contributed by atoms with Gasteiger partial charge in [0.2, 0.25) is 5.91 Å². The van der Waals surface area contributed by atoms with Gasteiger partial charge in [-0.3, -0.25) is 9.59 Å². The number of nitrogens with zero attached hydrogens (tertiary/aromatic N) is 2. The lowest BCUT2D eigenvalue weighted by atomic mass is 9.86. The molecule has 0 N–H and O–H groups in total. The van der Waals surface area contributed by atoms with Crippen molar-refractivity contribution in [2.45, 2.75) is 39.2 Å². The average molecular weight is 355 g/mol. The summed E-state index contributed by atoms with van der Waals surface area (Å²) in [6.45, 7) is 9.74. The summed E-state index contributed by atoms with van der Waals surface area (Å²) in [5.74, 6) is 0.685. The fraction of sp³-hybridized carbons (Fsp3) is 0.625. The molecule has 116 valence electrons. The SMILES string of the molecule is C=CCC(=O)N1CCC2CC1CN(C(=O)C(Br)=C(C)C)C2. The number of hydrogen-bond donors (Lipinski definition) is 0. The Morgan fingerprint density at radius 2 is 2.05 bits per heavy atom. The van der Waals surface area contributed by atoms with Crippen LogP contribution in [0.1, 0.15) is 33.1 Å². The van der Waals surface area contributed by atoms with Gasteiger partial charge >= 0.3 is 0 Å². The van der Waals surface area contributed by atoms with Crippen LogP contribution in [0.3, 0.4) is 0 Å². The van der Waals surface area contributed by atoms with E-state index in [0.717, 1.165) is 31.5 Å². The van der Waals surface area contributed by atoms with Crippen LogP contribution in [0.4, 0.5) is 0 Å². The fourth-order valence-corrected chi connectivity index (χ4v) is 3.45. The van der Waals surface area contributed by atoms with Gasteiger partial charge in [0, 0.05) is 32.1 Å². The number of halogens is 1. The van der Waals surface area contributed by atoms with Crippen LogP contribution in [0.15, 0.2) is 22.7 Å². The van der Waals surface area contributed by atoms with Crippen LogP contribution < -0.4 is 0 Å². The van der Waals surface area contributed by atoms with E-state index in [9.17, 15) is 9.59 Å². The number of hydrogen-bond acceptors (Lipinski definition) is 2. The van der Waals surface area contributed by atoms with E-state index in [-0.39, 0.29) is 17.9 Å². The lowest BCUT2D eigenvalue weighted by molar-refractivity contribution is -0.141.